The quantitative estimate of drug-likeness (QED) is 0.565. The summed E-state index contributed by atoms with van der Waals surface area (Å²) >= 11 is 0. The SMILES string of the molecule is C#Cc1cccc(Nc2cc(NC3CCN(CCC(=O)OC)CC3)ncn2)c1. The zero-order valence-corrected chi connectivity index (χ0v) is 16.0. The Balaban J connectivity index is 1.51. The molecule has 2 aromatic rings. The molecule has 1 aromatic heterocycles. The number of carbonyl (C=O) groups is 1. The summed E-state index contributed by atoms with van der Waals surface area (Å²) in [7, 11) is 1.43. The van der Waals surface area contributed by atoms with Gasteiger partial charge in [-0.1, -0.05) is 12.0 Å². The molecule has 1 saturated heterocycles. The second kappa shape index (κ2) is 9.72. The van der Waals surface area contributed by atoms with E-state index in [1.54, 1.807) is 6.33 Å². The predicted octanol–water partition coefficient (Wildman–Crippen LogP) is 2.64. The summed E-state index contributed by atoms with van der Waals surface area (Å²) in [6.45, 7) is 2.64. The number of terminal acetylenes is 1. The van der Waals surface area contributed by atoms with Crippen molar-refractivity contribution in [2.75, 3.05) is 37.4 Å². The number of esters is 1. The van der Waals surface area contributed by atoms with Crippen LogP contribution in [-0.2, 0) is 9.53 Å². The minimum absolute atomic E-state index is 0.158. The topological polar surface area (TPSA) is 79.4 Å². The van der Waals surface area contributed by atoms with Crippen LogP contribution in [0.4, 0.5) is 17.3 Å². The first kappa shape index (κ1) is 19.6. The molecule has 1 fully saturated rings. The minimum atomic E-state index is -0.158. The van der Waals surface area contributed by atoms with Crippen LogP contribution in [0.2, 0.25) is 0 Å². The Morgan fingerprint density at radius 1 is 1.29 bits per heavy atom. The molecule has 2 N–H and O–H groups in total. The van der Waals surface area contributed by atoms with Crippen LogP contribution in [0.1, 0.15) is 24.8 Å². The molecule has 0 amide bonds. The van der Waals surface area contributed by atoms with Crippen LogP contribution in [0.3, 0.4) is 0 Å². The molecular weight excluding hydrogens is 354 g/mol. The molecule has 28 heavy (non-hydrogen) atoms. The number of rotatable bonds is 7. The second-order valence-corrected chi connectivity index (χ2v) is 6.73. The fraction of sp³-hybridized carbons (Fsp3) is 0.381. The molecule has 0 unspecified atom stereocenters. The Bertz CT molecular complexity index is 841. The molecule has 1 aliphatic rings. The van der Waals surface area contributed by atoms with Gasteiger partial charge in [0.1, 0.15) is 18.0 Å². The highest BCUT2D eigenvalue weighted by Gasteiger charge is 2.20. The Kier molecular flexibility index (Phi) is 6.82. The number of anilines is 3. The fourth-order valence-corrected chi connectivity index (χ4v) is 3.20. The van der Waals surface area contributed by atoms with Crippen molar-refractivity contribution < 1.29 is 9.53 Å². The number of nitrogens with zero attached hydrogens (tertiary/aromatic N) is 3. The molecule has 0 atom stereocenters. The maximum Gasteiger partial charge on any atom is 0.306 e. The first-order valence-electron chi connectivity index (χ1n) is 9.37. The van der Waals surface area contributed by atoms with Crippen molar-refractivity contribution in [1.82, 2.24) is 14.9 Å². The minimum Gasteiger partial charge on any atom is -0.469 e. The highest BCUT2D eigenvalue weighted by molar-refractivity contribution is 5.69. The van der Waals surface area contributed by atoms with E-state index in [1.165, 1.54) is 7.11 Å². The largest absolute Gasteiger partial charge is 0.469 e. The average Bonchev–Trinajstić information content (AvgIpc) is 2.73. The van der Waals surface area contributed by atoms with Crippen LogP contribution in [-0.4, -0.2) is 53.6 Å². The third kappa shape index (κ3) is 5.69. The number of nitrogens with one attached hydrogen (secondary N) is 2. The van der Waals surface area contributed by atoms with Gasteiger partial charge in [0.05, 0.1) is 13.5 Å². The van der Waals surface area contributed by atoms with Crippen molar-refractivity contribution in [3.63, 3.8) is 0 Å². The van der Waals surface area contributed by atoms with Gasteiger partial charge in [0, 0.05) is 43.0 Å². The summed E-state index contributed by atoms with van der Waals surface area (Å²) in [6, 6.07) is 9.88. The zero-order valence-electron chi connectivity index (χ0n) is 16.0. The number of benzene rings is 1. The Morgan fingerprint density at radius 3 is 2.82 bits per heavy atom. The van der Waals surface area contributed by atoms with E-state index in [-0.39, 0.29) is 5.97 Å². The molecule has 1 aromatic carbocycles. The Morgan fingerprint density at radius 2 is 2.07 bits per heavy atom. The molecule has 0 radical (unpaired) electrons. The van der Waals surface area contributed by atoms with Crippen LogP contribution in [0.15, 0.2) is 36.7 Å². The van der Waals surface area contributed by atoms with Crippen molar-refractivity contribution in [2.24, 2.45) is 0 Å². The lowest BCUT2D eigenvalue weighted by Crippen LogP contribution is -2.40. The molecule has 1 aliphatic heterocycles. The average molecular weight is 379 g/mol. The van der Waals surface area contributed by atoms with Crippen molar-refractivity contribution >= 4 is 23.3 Å². The van der Waals surface area contributed by atoms with E-state index < -0.39 is 0 Å². The normalized spacial score (nSPS) is 14.9. The predicted molar refractivity (Wildman–Crippen MR) is 109 cm³/mol. The first-order chi connectivity index (χ1) is 13.7. The van der Waals surface area contributed by atoms with Gasteiger partial charge in [-0.25, -0.2) is 9.97 Å². The van der Waals surface area contributed by atoms with Gasteiger partial charge in [0.2, 0.25) is 0 Å². The standard InChI is InChI=1S/C21H25N5O2/c1-3-16-5-4-6-18(13-16)25-20-14-19(22-15-23-20)24-17-7-10-26(11-8-17)12-9-21(27)28-2/h1,4-6,13-15,17H,7-12H2,2H3,(H2,22,23,24,25). The van der Waals surface area contributed by atoms with E-state index >= 15 is 0 Å². The third-order valence-corrected chi connectivity index (χ3v) is 4.77. The van der Waals surface area contributed by atoms with Gasteiger partial charge in [-0.15, -0.1) is 6.42 Å². The molecule has 7 nitrogen and oxygen atoms in total. The summed E-state index contributed by atoms with van der Waals surface area (Å²) in [6.07, 6.45) is 9.43. The number of ether oxygens (including phenoxy) is 1. The van der Waals surface area contributed by atoms with Gasteiger partial charge in [0.25, 0.3) is 0 Å². The van der Waals surface area contributed by atoms with E-state index in [0.717, 1.165) is 49.5 Å². The van der Waals surface area contributed by atoms with Gasteiger partial charge in [0.15, 0.2) is 0 Å². The van der Waals surface area contributed by atoms with Crippen LogP contribution in [0.25, 0.3) is 0 Å². The Labute approximate surface area is 165 Å². The number of aromatic nitrogens is 2. The van der Waals surface area contributed by atoms with Crippen molar-refractivity contribution in [3.05, 3.63) is 42.2 Å². The molecule has 0 spiro atoms. The highest BCUT2D eigenvalue weighted by atomic mass is 16.5. The number of methoxy groups -OCH3 is 1. The third-order valence-electron chi connectivity index (χ3n) is 4.77. The van der Waals surface area contributed by atoms with Crippen LogP contribution in [0.5, 0.6) is 0 Å². The van der Waals surface area contributed by atoms with Gasteiger partial charge in [-0.3, -0.25) is 4.79 Å². The number of hydrogen-bond acceptors (Lipinski definition) is 7. The zero-order chi connectivity index (χ0) is 19.8. The number of hydrogen-bond donors (Lipinski definition) is 2. The molecule has 0 saturated carbocycles. The molecule has 2 heterocycles. The summed E-state index contributed by atoms with van der Waals surface area (Å²) in [5, 5.41) is 6.74. The number of likely N-dealkylation sites (tertiary alicyclic amines) is 1. The first-order valence-corrected chi connectivity index (χ1v) is 9.37. The lowest BCUT2D eigenvalue weighted by Gasteiger charge is -2.32. The fourth-order valence-electron chi connectivity index (χ4n) is 3.20. The monoisotopic (exact) mass is 379 g/mol. The second-order valence-electron chi connectivity index (χ2n) is 6.73. The highest BCUT2D eigenvalue weighted by Crippen LogP contribution is 2.20. The molecule has 146 valence electrons. The molecule has 0 aliphatic carbocycles. The van der Waals surface area contributed by atoms with Crippen molar-refractivity contribution in [1.29, 1.82) is 0 Å². The Hall–Kier alpha value is -3.11. The lowest BCUT2D eigenvalue weighted by molar-refractivity contribution is -0.141. The molecule has 7 heteroatoms. The number of piperidine rings is 1. The van der Waals surface area contributed by atoms with E-state index in [1.807, 2.05) is 30.3 Å². The molecule has 0 bridgehead atoms. The summed E-state index contributed by atoms with van der Waals surface area (Å²) in [5.41, 5.74) is 1.70. The van der Waals surface area contributed by atoms with Gasteiger partial charge in [-0.05, 0) is 31.0 Å². The van der Waals surface area contributed by atoms with Crippen LogP contribution in [0, 0.1) is 12.3 Å². The lowest BCUT2D eigenvalue weighted by atomic mass is 10.0. The van der Waals surface area contributed by atoms with E-state index in [0.29, 0.717) is 18.3 Å². The smallest absolute Gasteiger partial charge is 0.306 e. The van der Waals surface area contributed by atoms with E-state index in [9.17, 15) is 4.79 Å². The van der Waals surface area contributed by atoms with E-state index in [2.05, 4.69) is 31.4 Å². The van der Waals surface area contributed by atoms with Crippen LogP contribution < -0.4 is 10.6 Å². The van der Waals surface area contributed by atoms with Gasteiger partial charge in [-0.2, -0.15) is 0 Å². The van der Waals surface area contributed by atoms with Gasteiger partial charge < -0.3 is 20.3 Å². The molecular formula is C21H25N5O2. The maximum atomic E-state index is 11.3. The summed E-state index contributed by atoms with van der Waals surface area (Å²) < 4.78 is 4.70. The van der Waals surface area contributed by atoms with E-state index in [4.69, 9.17) is 11.2 Å². The molecule has 3 rings (SSSR count). The summed E-state index contributed by atoms with van der Waals surface area (Å²) in [4.78, 5) is 22.2. The van der Waals surface area contributed by atoms with Crippen LogP contribution >= 0.6 is 0 Å². The summed E-state index contributed by atoms with van der Waals surface area (Å²) in [5.74, 6) is 3.97. The van der Waals surface area contributed by atoms with Crippen molar-refractivity contribution in [3.8, 4) is 12.3 Å². The number of carbonyl (C=O) groups excluding carboxylic acids is 1. The maximum absolute atomic E-state index is 11.3. The van der Waals surface area contributed by atoms with Crippen molar-refractivity contribution in [2.45, 2.75) is 25.3 Å². The van der Waals surface area contributed by atoms with Gasteiger partial charge >= 0.3 is 5.97 Å².